The first-order valence-electron chi connectivity index (χ1n) is 7.29. The van der Waals surface area contributed by atoms with Crippen LogP contribution >= 0.6 is 27.7 Å². The average Bonchev–Trinajstić information content (AvgIpc) is 2.48. The first-order valence-corrected chi connectivity index (χ1v) is 9.07. The zero-order valence-electron chi connectivity index (χ0n) is 12.8. The second kappa shape index (κ2) is 8.02. The Hall–Kier alpha value is -0.770. The molecular formula is C18H22BrNS. The SMILES string of the molecule is CCNC(CSc1ccc(Br)cc1)c1cc(C)ccc1C. The second-order valence-electron chi connectivity index (χ2n) is 5.24. The molecule has 0 aliphatic rings. The molecule has 2 rings (SSSR count). The number of aryl methyl sites for hydroxylation is 2. The monoisotopic (exact) mass is 363 g/mol. The van der Waals surface area contributed by atoms with Gasteiger partial charge in [-0.15, -0.1) is 11.8 Å². The summed E-state index contributed by atoms with van der Waals surface area (Å²) in [6, 6.07) is 15.6. The molecule has 112 valence electrons. The van der Waals surface area contributed by atoms with Gasteiger partial charge in [0.2, 0.25) is 0 Å². The summed E-state index contributed by atoms with van der Waals surface area (Å²) in [6.07, 6.45) is 0. The fraction of sp³-hybridized carbons (Fsp3) is 0.333. The van der Waals surface area contributed by atoms with Gasteiger partial charge in [-0.1, -0.05) is 46.6 Å². The number of thioether (sulfide) groups is 1. The quantitative estimate of drug-likeness (QED) is 0.679. The molecule has 2 aromatic rings. The van der Waals surface area contributed by atoms with E-state index in [1.54, 1.807) is 0 Å². The molecule has 1 unspecified atom stereocenters. The van der Waals surface area contributed by atoms with E-state index in [1.807, 2.05) is 11.8 Å². The molecule has 0 bridgehead atoms. The van der Waals surface area contributed by atoms with Crippen LogP contribution in [-0.4, -0.2) is 12.3 Å². The van der Waals surface area contributed by atoms with Gasteiger partial charge < -0.3 is 5.32 Å². The smallest absolute Gasteiger partial charge is 0.0418 e. The van der Waals surface area contributed by atoms with Gasteiger partial charge in [0.05, 0.1) is 0 Å². The van der Waals surface area contributed by atoms with E-state index in [4.69, 9.17) is 0 Å². The third kappa shape index (κ3) is 4.87. The van der Waals surface area contributed by atoms with Crippen LogP contribution in [-0.2, 0) is 0 Å². The van der Waals surface area contributed by atoms with Crippen molar-refractivity contribution in [3.63, 3.8) is 0 Å². The summed E-state index contributed by atoms with van der Waals surface area (Å²) in [5.41, 5.74) is 4.11. The minimum Gasteiger partial charge on any atom is -0.309 e. The first kappa shape index (κ1) is 16.6. The number of nitrogens with one attached hydrogen (secondary N) is 1. The molecule has 0 saturated heterocycles. The highest BCUT2D eigenvalue weighted by Crippen LogP contribution is 2.28. The minimum absolute atomic E-state index is 0.392. The number of hydrogen-bond donors (Lipinski definition) is 1. The Morgan fingerprint density at radius 2 is 1.81 bits per heavy atom. The molecule has 21 heavy (non-hydrogen) atoms. The van der Waals surface area contributed by atoms with Gasteiger partial charge in [-0.25, -0.2) is 0 Å². The molecule has 1 nitrogen and oxygen atoms in total. The maximum Gasteiger partial charge on any atom is 0.0418 e. The van der Waals surface area contributed by atoms with E-state index >= 15 is 0 Å². The van der Waals surface area contributed by atoms with Crippen molar-refractivity contribution in [2.45, 2.75) is 31.7 Å². The van der Waals surface area contributed by atoms with Gasteiger partial charge in [0.1, 0.15) is 0 Å². The van der Waals surface area contributed by atoms with Gasteiger partial charge in [-0.05, 0) is 55.8 Å². The molecule has 1 N–H and O–H groups in total. The first-order chi connectivity index (χ1) is 10.1. The molecule has 0 amide bonds. The molecule has 0 aliphatic carbocycles. The lowest BCUT2D eigenvalue weighted by Gasteiger charge is -2.20. The van der Waals surface area contributed by atoms with E-state index < -0.39 is 0 Å². The van der Waals surface area contributed by atoms with Crippen LogP contribution in [0.15, 0.2) is 51.8 Å². The van der Waals surface area contributed by atoms with Gasteiger partial charge in [0.15, 0.2) is 0 Å². The number of halogens is 1. The molecule has 0 aromatic heterocycles. The van der Waals surface area contributed by atoms with Crippen LogP contribution in [0, 0.1) is 13.8 Å². The number of rotatable bonds is 6. The zero-order chi connectivity index (χ0) is 15.2. The standard InChI is InChI=1S/C18H22BrNS/c1-4-20-18(17-11-13(2)5-6-14(17)3)12-21-16-9-7-15(19)8-10-16/h5-11,18,20H,4,12H2,1-3H3. The van der Waals surface area contributed by atoms with E-state index in [9.17, 15) is 0 Å². The van der Waals surface area contributed by atoms with Crippen LogP contribution in [0.3, 0.4) is 0 Å². The lowest BCUT2D eigenvalue weighted by atomic mass is 10.00. The van der Waals surface area contributed by atoms with Crippen molar-refractivity contribution >= 4 is 27.7 Å². The summed E-state index contributed by atoms with van der Waals surface area (Å²) in [6.45, 7) is 7.51. The fourth-order valence-corrected chi connectivity index (χ4v) is 3.60. The molecular weight excluding hydrogens is 342 g/mol. The van der Waals surface area contributed by atoms with E-state index in [0.717, 1.165) is 16.8 Å². The van der Waals surface area contributed by atoms with Crippen LogP contribution in [0.1, 0.15) is 29.7 Å². The molecule has 0 radical (unpaired) electrons. The lowest BCUT2D eigenvalue weighted by Crippen LogP contribution is -2.23. The van der Waals surface area contributed by atoms with E-state index in [-0.39, 0.29) is 0 Å². The van der Waals surface area contributed by atoms with Crippen LogP contribution < -0.4 is 5.32 Å². The Morgan fingerprint density at radius 1 is 1.10 bits per heavy atom. The second-order valence-corrected chi connectivity index (χ2v) is 7.24. The van der Waals surface area contributed by atoms with Crippen LogP contribution in [0.2, 0.25) is 0 Å². The lowest BCUT2D eigenvalue weighted by molar-refractivity contribution is 0.603. The Kier molecular flexibility index (Phi) is 6.34. The van der Waals surface area contributed by atoms with Crippen molar-refractivity contribution in [2.24, 2.45) is 0 Å². The van der Waals surface area contributed by atoms with Crippen molar-refractivity contribution in [1.29, 1.82) is 0 Å². The Morgan fingerprint density at radius 3 is 2.48 bits per heavy atom. The summed E-state index contributed by atoms with van der Waals surface area (Å²) in [5, 5.41) is 3.62. The van der Waals surface area contributed by atoms with Gasteiger partial charge >= 0.3 is 0 Å². The van der Waals surface area contributed by atoms with Crippen molar-refractivity contribution in [1.82, 2.24) is 5.32 Å². The predicted octanol–water partition coefficient (Wildman–Crippen LogP) is 5.51. The molecule has 2 aromatic carbocycles. The number of benzene rings is 2. The summed E-state index contributed by atoms with van der Waals surface area (Å²) < 4.78 is 1.13. The topological polar surface area (TPSA) is 12.0 Å². The molecule has 3 heteroatoms. The fourth-order valence-electron chi connectivity index (χ4n) is 2.35. The summed E-state index contributed by atoms with van der Waals surface area (Å²) in [7, 11) is 0. The highest BCUT2D eigenvalue weighted by molar-refractivity contribution is 9.10. The van der Waals surface area contributed by atoms with E-state index in [2.05, 4.69) is 84.5 Å². The number of hydrogen-bond acceptors (Lipinski definition) is 2. The highest BCUT2D eigenvalue weighted by Gasteiger charge is 2.13. The molecule has 0 fully saturated rings. The van der Waals surface area contributed by atoms with Crippen LogP contribution in [0.25, 0.3) is 0 Å². The predicted molar refractivity (Wildman–Crippen MR) is 97.2 cm³/mol. The Balaban J connectivity index is 2.11. The molecule has 1 atom stereocenters. The Labute approximate surface area is 140 Å². The third-order valence-electron chi connectivity index (χ3n) is 3.49. The normalized spacial score (nSPS) is 12.4. The average molecular weight is 364 g/mol. The maximum atomic E-state index is 3.62. The Bertz CT molecular complexity index is 580. The van der Waals surface area contributed by atoms with Gasteiger partial charge in [0.25, 0.3) is 0 Å². The van der Waals surface area contributed by atoms with Crippen LogP contribution in [0.5, 0.6) is 0 Å². The van der Waals surface area contributed by atoms with Gasteiger partial charge in [0, 0.05) is 21.2 Å². The van der Waals surface area contributed by atoms with Gasteiger partial charge in [-0.3, -0.25) is 0 Å². The van der Waals surface area contributed by atoms with Crippen molar-refractivity contribution < 1.29 is 0 Å². The van der Waals surface area contributed by atoms with Crippen molar-refractivity contribution in [3.05, 3.63) is 63.6 Å². The molecule has 0 aliphatic heterocycles. The highest BCUT2D eigenvalue weighted by atomic mass is 79.9. The molecule has 0 saturated carbocycles. The minimum atomic E-state index is 0.392. The third-order valence-corrected chi connectivity index (χ3v) is 5.13. The van der Waals surface area contributed by atoms with E-state index in [0.29, 0.717) is 6.04 Å². The van der Waals surface area contributed by atoms with Crippen LogP contribution in [0.4, 0.5) is 0 Å². The summed E-state index contributed by atoms with van der Waals surface area (Å²) in [5.74, 6) is 1.04. The van der Waals surface area contributed by atoms with Gasteiger partial charge in [-0.2, -0.15) is 0 Å². The van der Waals surface area contributed by atoms with E-state index in [1.165, 1.54) is 21.6 Å². The summed E-state index contributed by atoms with van der Waals surface area (Å²) >= 11 is 5.39. The molecule has 0 spiro atoms. The van der Waals surface area contributed by atoms with Crippen molar-refractivity contribution in [2.75, 3.05) is 12.3 Å². The largest absolute Gasteiger partial charge is 0.309 e. The van der Waals surface area contributed by atoms with Crippen molar-refractivity contribution in [3.8, 4) is 0 Å². The summed E-state index contributed by atoms with van der Waals surface area (Å²) in [4.78, 5) is 1.31. The zero-order valence-corrected chi connectivity index (χ0v) is 15.2. The maximum absolute atomic E-state index is 3.62. The molecule has 0 heterocycles.